The van der Waals surface area contributed by atoms with Gasteiger partial charge in [0.2, 0.25) is 0 Å². The second-order valence-corrected chi connectivity index (χ2v) is 7.50. The summed E-state index contributed by atoms with van der Waals surface area (Å²) in [4.78, 5) is 0. The summed E-state index contributed by atoms with van der Waals surface area (Å²) in [5.74, 6) is -0.242. The third-order valence-corrected chi connectivity index (χ3v) is 6.45. The maximum absolute atomic E-state index is 13.4. The molecule has 0 bridgehead atoms. The minimum Gasteiger partial charge on any atom is -0.370 e. The number of rotatable bonds is 8. The van der Waals surface area contributed by atoms with E-state index in [0.717, 1.165) is 16.3 Å². The monoisotopic (exact) mass is 334 g/mol. The molecule has 2 rings (SSSR count). The standard InChI is InChI=1S/C18H23FO3Si/c1-4-20-23(21-5-2,22-6-3)18-12-10-15(11-13-18)16-8-7-9-17(19)14-16/h7-14H,4-6H2,1-3H3. The van der Waals surface area contributed by atoms with Crippen molar-refractivity contribution in [2.45, 2.75) is 20.8 Å². The number of benzene rings is 2. The molecule has 0 saturated heterocycles. The van der Waals surface area contributed by atoms with Crippen molar-refractivity contribution in [2.24, 2.45) is 0 Å². The minimum absolute atomic E-state index is 0.242. The smallest absolute Gasteiger partial charge is 0.370 e. The molecule has 0 heterocycles. The lowest BCUT2D eigenvalue weighted by Crippen LogP contribution is -2.56. The van der Waals surface area contributed by atoms with Gasteiger partial charge in [0.1, 0.15) is 5.82 Å². The zero-order valence-corrected chi connectivity index (χ0v) is 14.8. The van der Waals surface area contributed by atoms with Crippen LogP contribution < -0.4 is 5.19 Å². The van der Waals surface area contributed by atoms with E-state index in [-0.39, 0.29) is 5.82 Å². The zero-order chi connectivity index (χ0) is 16.7. The number of halogens is 1. The highest BCUT2D eigenvalue weighted by atomic mass is 28.4. The Morgan fingerprint density at radius 3 is 1.83 bits per heavy atom. The molecule has 0 aliphatic heterocycles. The molecule has 23 heavy (non-hydrogen) atoms. The Hall–Kier alpha value is -1.53. The van der Waals surface area contributed by atoms with Crippen molar-refractivity contribution >= 4 is 14.0 Å². The predicted octanol–water partition coefficient (Wildman–Crippen LogP) is 3.75. The van der Waals surface area contributed by atoms with Gasteiger partial charge in [-0.3, -0.25) is 0 Å². The first-order valence-electron chi connectivity index (χ1n) is 7.93. The van der Waals surface area contributed by atoms with Gasteiger partial charge in [-0.25, -0.2) is 4.39 Å². The van der Waals surface area contributed by atoms with E-state index in [1.165, 1.54) is 12.1 Å². The molecule has 0 N–H and O–H groups in total. The van der Waals surface area contributed by atoms with Crippen molar-refractivity contribution in [3.05, 3.63) is 54.3 Å². The van der Waals surface area contributed by atoms with Gasteiger partial charge in [-0.2, -0.15) is 0 Å². The van der Waals surface area contributed by atoms with E-state index in [1.54, 1.807) is 6.07 Å². The highest BCUT2D eigenvalue weighted by Gasteiger charge is 2.43. The molecule has 0 unspecified atom stereocenters. The fourth-order valence-corrected chi connectivity index (χ4v) is 4.94. The molecule has 0 amide bonds. The second kappa shape index (κ2) is 8.36. The van der Waals surface area contributed by atoms with Crippen LogP contribution in [0.1, 0.15) is 20.8 Å². The van der Waals surface area contributed by atoms with Gasteiger partial charge in [-0.1, -0.05) is 36.4 Å². The van der Waals surface area contributed by atoms with E-state index < -0.39 is 8.80 Å². The van der Waals surface area contributed by atoms with Crippen LogP contribution in [0, 0.1) is 5.82 Å². The Kier molecular flexibility index (Phi) is 6.47. The first-order valence-corrected chi connectivity index (χ1v) is 9.66. The molecule has 0 fully saturated rings. The maximum atomic E-state index is 13.4. The van der Waals surface area contributed by atoms with Gasteiger partial charge in [0.15, 0.2) is 0 Å². The van der Waals surface area contributed by atoms with E-state index in [2.05, 4.69) is 0 Å². The molecule has 2 aromatic carbocycles. The van der Waals surface area contributed by atoms with E-state index in [4.69, 9.17) is 13.3 Å². The first kappa shape index (κ1) is 17.8. The van der Waals surface area contributed by atoms with Gasteiger partial charge >= 0.3 is 8.80 Å². The minimum atomic E-state index is -2.88. The third kappa shape index (κ3) is 4.26. The summed E-state index contributed by atoms with van der Waals surface area (Å²) in [6, 6.07) is 14.4. The van der Waals surface area contributed by atoms with E-state index >= 15 is 0 Å². The van der Waals surface area contributed by atoms with Gasteiger partial charge < -0.3 is 13.3 Å². The molecule has 0 aliphatic carbocycles. The van der Waals surface area contributed by atoms with Crippen molar-refractivity contribution in [1.82, 2.24) is 0 Å². The lowest BCUT2D eigenvalue weighted by molar-refractivity contribution is 0.0859. The van der Waals surface area contributed by atoms with Crippen molar-refractivity contribution in [3.8, 4) is 11.1 Å². The van der Waals surface area contributed by atoms with Crippen LogP contribution in [0.25, 0.3) is 11.1 Å². The average Bonchev–Trinajstić information content (AvgIpc) is 2.56. The summed E-state index contributed by atoms with van der Waals surface area (Å²) in [5, 5.41) is 0.920. The van der Waals surface area contributed by atoms with Crippen LogP contribution in [0.15, 0.2) is 48.5 Å². The summed E-state index contributed by atoms with van der Waals surface area (Å²) < 4.78 is 31.1. The second-order valence-electron chi connectivity index (χ2n) is 4.94. The molecular weight excluding hydrogens is 311 g/mol. The SMILES string of the molecule is CCO[Si](OCC)(OCC)c1ccc(-c2cccc(F)c2)cc1. The quantitative estimate of drug-likeness (QED) is 0.688. The van der Waals surface area contributed by atoms with Gasteiger partial charge in [0.05, 0.1) is 0 Å². The first-order chi connectivity index (χ1) is 11.1. The van der Waals surface area contributed by atoms with Gasteiger partial charge in [0.25, 0.3) is 0 Å². The van der Waals surface area contributed by atoms with Gasteiger partial charge in [-0.15, -0.1) is 0 Å². The Morgan fingerprint density at radius 1 is 0.783 bits per heavy atom. The molecule has 3 nitrogen and oxygen atoms in total. The van der Waals surface area contributed by atoms with Crippen LogP contribution in [0.5, 0.6) is 0 Å². The molecular formula is C18H23FO3Si. The lowest BCUT2D eigenvalue weighted by atomic mass is 10.1. The van der Waals surface area contributed by atoms with E-state index in [9.17, 15) is 4.39 Å². The van der Waals surface area contributed by atoms with Crippen LogP contribution in [0.2, 0.25) is 0 Å². The molecule has 2 aromatic rings. The summed E-state index contributed by atoms with van der Waals surface area (Å²) in [6.45, 7) is 7.37. The Bertz CT molecular complexity index is 599. The largest absolute Gasteiger partial charge is 0.537 e. The number of hydrogen-bond acceptors (Lipinski definition) is 3. The molecule has 0 aliphatic rings. The highest BCUT2D eigenvalue weighted by molar-refractivity contribution is 6.75. The van der Waals surface area contributed by atoms with Crippen LogP contribution >= 0.6 is 0 Å². The molecule has 0 radical (unpaired) electrons. The topological polar surface area (TPSA) is 27.7 Å². The van der Waals surface area contributed by atoms with Gasteiger partial charge in [-0.05, 0) is 44.0 Å². The van der Waals surface area contributed by atoms with Crippen LogP contribution in [0.4, 0.5) is 4.39 Å². The summed E-state index contributed by atoms with van der Waals surface area (Å²) in [7, 11) is -2.88. The lowest BCUT2D eigenvalue weighted by Gasteiger charge is -2.28. The summed E-state index contributed by atoms with van der Waals surface area (Å²) in [6.07, 6.45) is 0. The maximum Gasteiger partial charge on any atom is 0.537 e. The summed E-state index contributed by atoms with van der Waals surface area (Å²) in [5.41, 5.74) is 1.79. The number of hydrogen-bond donors (Lipinski definition) is 0. The third-order valence-electron chi connectivity index (χ3n) is 3.40. The Morgan fingerprint density at radius 2 is 1.35 bits per heavy atom. The fourth-order valence-electron chi connectivity index (χ4n) is 2.48. The average molecular weight is 334 g/mol. The van der Waals surface area contributed by atoms with Crippen LogP contribution in [-0.2, 0) is 13.3 Å². The molecule has 0 saturated carbocycles. The fraction of sp³-hybridized carbons (Fsp3) is 0.333. The Labute approximate surface area is 138 Å². The van der Waals surface area contributed by atoms with Crippen molar-refractivity contribution < 1.29 is 17.7 Å². The normalized spacial score (nSPS) is 11.7. The van der Waals surface area contributed by atoms with Crippen molar-refractivity contribution in [2.75, 3.05) is 19.8 Å². The molecule has 0 aromatic heterocycles. The van der Waals surface area contributed by atoms with E-state index in [0.29, 0.717) is 19.8 Å². The predicted molar refractivity (Wildman–Crippen MR) is 92.1 cm³/mol. The zero-order valence-electron chi connectivity index (χ0n) is 13.8. The van der Waals surface area contributed by atoms with Crippen LogP contribution in [0.3, 0.4) is 0 Å². The molecule has 124 valence electrons. The van der Waals surface area contributed by atoms with Crippen molar-refractivity contribution in [1.29, 1.82) is 0 Å². The van der Waals surface area contributed by atoms with Crippen LogP contribution in [-0.4, -0.2) is 28.6 Å². The highest BCUT2D eigenvalue weighted by Crippen LogP contribution is 2.20. The molecule has 0 spiro atoms. The Balaban J connectivity index is 2.34. The molecule has 0 atom stereocenters. The summed E-state index contributed by atoms with van der Waals surface area (Å²) >= 11 is 0. The molecule has 5 heteroatoms. The van der Waals surface area contributed by atoms with Crippen molar-refractivity contribution in [3.63, 3.8) is 0 Å². The van der Waals surface area contributed by atoms with E-state index in [1.807, 2.05) is 51.1 Å². The van der Waals surface area contributed by atoms with Gasteiger partial charge in [0, 0.05) is 25.0 Å².